The number of carbonyl (C=O) groups excluding carboxylic acids is 1. The topological polar surface area (TPSA) is 92.7 Å². The molecular weight excluding hydrogens is 497 g/mol. The van der Waals surface area contributed by atoms with Gasteiger partial charge in [0.1, 0.15) is 35.4 Å². The summed E-state index contributed by atoms with van der Waals surface area (Å²) >= 11 is 0. The van der Waals surface area contributed by atoms with Gasteiger partial charge in [-0.05, 0) is 38.8 Å². The first-order valence-corrected chi connectivity index (χ1v) is 11.9. The number of carbonyl (C=O) groups is 1. The van der Waals surface area contributed by atoms with Crippen LogP contribution in [-0.4, -0.2) is 68.0 Å². The Kier molecular flexibility index (Phi) is 9.27. The smallest absolute Gasteiger partial charge is 0.422 e. The summed E-state index contributed by atoms with van der Waals surface area (Å²) in [5.74, 6) is -2.16. The second-order valence-corrected chi connectivity index (χ2v) is 9.46. The molecule has 11 heteroatoms. The number of benzene rings is 1. The molecule has 0 radical (unpaired) electrons. The molecule has 0 amide bonds. The summed E-state index contributed by atoms with van der Waals surface area (Å²) in [6.45, 7) is 5.21. The molecule has 2 aliphatic rings. The maximum Gasteiger partial charge on any atom is 0.422 e. The lowest BCUT2D eigenvalue weighted by atomic mass is 9.99. The summed E-state index contributed by atoms with van der Waals surface area (Å²) in [6, 6.07) is 2.50. The number of ether oxygens (including phenoxy) is 6. The Balaban J connectivity index is 2.07. The quantitative estimate of drug-likeness (QED) is 0.334. The Morgan fingerprint density at radius 2 is 1.86 bits per heavy atom. The number of alkyl halides is 3. The van der Waals surface area contributed by atoms with Gasteiger partial charge in [-0.1, -0.05) is 31.2 Å². The molecule has 0 bridgehead atoms. The largest absolute Gasteiger partial charge is 0.484 e. The van der Waals surface area contributed by atoms with E-state index in [4.69, 9.17) is 28.4 Å². The fourth-order valence-corrected chi connectivity index (χ4v) is 4.00. The van der Waals surface area contributed by atoms with Crippen LogP contribution in [0.15, 0.2) is 30.4 Å². The van der Waals surface area contributed by atoms with E-state index in [1.165, 1.54) is 19.2 Å². The number of fused-ring (bicyclic) bond motifs is 2. The summed E-state index contributed by atoms with van der Waals surface area (Å²) in [4.78, 5) is 13.3. The van der Waals surface area contributed by atoms with E-state index in [2.05, 4.69) is 0 Å². The average Bonchev–Trinajstić information content (AvgIpc) is 3.12. The number of hydrogen-bond acceptors (Lipinski definition) is 8. The third-order valence-corrected chi connectivity index (χ3v) is 5.91. The van der Waals surface area contributed by atoms with Crippen LogP contribution in [0.1, 0.15) is 50.0 Å². The lowest BCUT2D eigenvalue weighted by molar-refractivity contribution is -0.153. The second-order valence-electron chi connectivity index (χ2n) is 9.46. The molecule has 206 valence electrons. The minimum Gasteiger partial charge on any atom is -0.484 e. The Morgan fingerprint density at radius 1 is 1.14 bits per heavy atom. The van der Waals surface area contributed by atoms with Gasteiger partial charge in [-0.2, -0.15) is 13.2 Å². The third-order valence-electron chi connectivity index (χ3n) is 5.91. The predicted molar refractivity (Wildman–Crippen MR) is 127 cm³/mol. The highest BCUT2D eigenvalue weighted by molar-refractivity contribution is 5.97. The minimum absolute atomic E-state index is 0.00764. The van der Waals surface area contributed by atoms with Gasteiger partial charge in [0.15, 0.2) is 19.2 Å². The molecule has 5 atom stereocenters. The van der Waals surface area contributed by atoms with Gasteiger partial charge in [0, 0.05) is 19.1 Å². The Hall–Kier alpha value is -2.60. The maximum absolute atomic E-state index is 13.3. The number of rotatable bonds is 5. The van der Waals surface area contributed by atoms with E-state index < -0.39 is 49.0 Å². The number of cyclic esters (lactones) is 1. The van der Waals surface area contributed by atoms with Gasteiger partial charge in [0.05, 0.1) is 6.10 Å². The Bertz CT molecular complexity index is 1000. The molecule has 1 N–H and O–H groups in total. The maximum atomic E-state index is 13.3. The zero-order chi connectivity index (χ0) is 27.4. The summed E-state index contributed by atoms with van der Waals surface area (Å²) in [6.07, 6.45) is -0.502. The number of aliphatic hydroxyl groups excluding tert-OH is 1. The van der Waals surface area contributed by atoms with E-state index in [-0.39, 0.29) is 41.8 Å². The van der Waals surface area contributed by atoms with Crippen LogP contribution in [0.25, 0.3) is 6.08 Å². The summed E-state index contributed by atoms with van der Waals surface area (Å²) in [5.41, 5.74) is 0.228. The van der Waals surface area contributed by atoms with Gasteiger partial charge in [0.25, 0.3) is 0 Å². The monoisotopic (exact) mass is 530 g/mol. The van der Waals surface area contributed by atoms with E-state index in [9.17, 15) is 23.1 Å². The van der Waals surface area contributed by atoms with Crippen molar-refractivity contribution in [2.75, 3.05) is 20.5 Å². The first-order chi connectivity index (χ1) is 17.3. The van der Waals surface area contributed by atoms with Crippen LogP contribution in [0, 0.1) is 5.92 Å². The Labute approximate surface area is 213 Å². The van der Waals surface area contributed by atoms with E-state index in [0.29, 0.717) is 0 Å². The standard InChI is InChI=1S/C26H33F3O8/c1-15-9-10-19(30)23-20(36-25(3,4)37-23)8-6-7-17-11-18(33-13-26(27,28)29)12-21(34-14-32-5)22(17)24(31)35-16(15)2/h6-7,9-12,15-16,19-20,23,30H,8,13-14H2,1-5H3/b7-6+,10-9-/t15-,16+,19+,20+,23-/m1/s1. The van der Waals surface area contributed by atoms with Crippen molar-refractivity contribution in [3.63, 3.8) is 0 Å². The van der Waals surface area contributed by atoms with Crippen LogP contribution in [0.4, 0.5) is 13.2 Å². The number of methoxy groups -OCH3 is 1. The van der Waals surface area contributed by atoms with Crippen molar-refractivity contribution in [2.24, 2.45) is 5.92 Å². The highest BCUT2D eigenvalue weighted by atomic mass is 19.4. The van der Waals surface area contributed by atoms with Crippen LogP contribution in [0.2, 0.25) is 0 Å². The molecule has 0 saturated carbocycles. The van der Waals surface area contributed by atoms with Crippen LogP contribution >= 0.6 is 0 Å². The molecule has 0 aromatic heterocycles. The molecule has 1 saturated heterocycles. The molecule has 0 aliphatic carbocycles. The number of halogens is 3. The molecule has 3 rings (SSSR count). The van der Waals surface area contributed by atoms with Crippen molar-refractivity contribution < 1.29 is 51.5 Å². The molecule has 0 unspecified atom stereocenters. The van der Waals surface area contributed by atoms with Gasteiger partial charge in [-0.25, -0.2) is 4.79 Å². The molecule has 8 nitrogen and oxygen atoms in total. The fourth-order valence-electron chi connectivity index (χ4n) is 4.00. The molecular formula is C26H33F3O8. The zero-order valence-electron chi connectivity index (χ0n) is 21.4. The molecule has 1 aromatic rings. The molecule has 2 heterocycles. The van der Waals surface area contributed by atoms with Gasteiger partial charge in [-0.15, -0.1) is 0 Å². The van der Waals surface area contributed by atoms with E-state index in [1.807, 2.05) is 6.92 Å². The van der Waals surface area contributed by atoms with E-state index >= 15 is 0 Å². The van der Waals surface area contributed by atoms with Crippen LogP contribution in [0.3, 0.4) is 0 Å². The van der Waals surface area contributed by atoms with Gasteiger partial charge < -0.3 is 33.5 Å². The molecule has 0 spiro atoms. The first-order valence-electron chi connectivity index (χ1n) is 11.9. The van der Waals surface area contributed by atoms with Gasteiger partial charge in [0.2, 0.25) is 0 Å². The van der Waals surface area contributed by atoms with E-state index in [1.54, 1.807) is 45.1 Å². The minimum atomic E-state index is -4.56. The van der Waals surface area contributed by atoms with Crippen molar-refractivity contribution in [1.29, 1.82) is 0 Å². The average molecular weight is 531 g/mol. The zero-order valence-corrected chi connectivity index (χ0v) is 21.4. The molecule has 1 aromatic carbocycles. The second kappa shape index (κ2) is 11.8. The number of esters is 1. The van der Waals surface area contributed by atoms with Gasteiger partial charge in [-0.3, -0.25) is 0 Å². The first kappa shape index (κ1) is 29.0. The molecule has 1 fully saturated rings. The highest BCUT2D eigenvalue weighted by Gasteiger charge is 2.43. The van der Waals surface area contributed by atoms with Crippen molar-refractivity contribution in [3.05, 3.63) is 41.5 Å². The third kappa shape index (κ3) is 7.94. The highest BCUT2D eigenvalue weighted by Crippen LogP contribution is 2.35. The SMILES string of the molecule is COCOc1cc(OCC(F)(F)F)cc2c1C(=O)O[C@@H](C)[C@H](C)/C=C\[C@H](O)[C@H]1OC(C)(C)O[C@H]1C/C=C/2. The van der Waals surface area contributed by atoms with Crippen LogP contribution in [0.5, 0.6) is 11.5 Å². The van der Waals surface area contributed by atoms with Crippen LogP contribution < -0.4 is 9.47 Å². The number of aliphatic hydroxyl groups is 1. The predicted octanol–water partition coefficient (Wildman–Crippen LogP) is 4.65. The summed E-state index contributed by atoms with van der Waals surface area (Å²) in [7, 11) is 1.37. The summed E-state index contributed by atoms with van der Waals surface area (Å²) in [5, 5.41) is 10.8. The summed E-state index contributed by atoms with van der Waals surface area (Å²) < 4.78 is 71.3. The Morgan fingerprint density at radius 3 is 2.54 bits per heavy atom. The lowest BCUT2D eigenvalue weighted by Crippen LogP contribution is -2.34. The van der Waals surface area contributed by atoms with E-state index in [0.717, 1.165) is 0 Å². The fraction of sp³-hybridized carbons (Fsp3) is 0.577. The normalized spacial score (nSPS) is 29.9. The van der Waals surface area contributed by atoms with Crippen molar-refractivity contribution >= 4 is 12.0 Å². The van der Waals surface area contributed by atoms with Crippen molar-refractivity contribution in [3.8, 4) is 11.5 Å². The van der Waals surface area contributed by atoms with Gasteiger partial charge >= 0.3 is 12.1 Å². The number of hydrogen-bond donors (Lipinski definition) is 1. The molecule has 2 aliphatic heterocycles. The van der Waals surface area contributed by atoms with Crippen molar-refractivity contribution in [2.45, 2.75) is 70.5 Å². The van der Waals surface area contributed by atoms with Crippen molar-refractivity contribution in [1.82, 2.24) is 0 Å². The lowest BCUT2D eigenvalue weighted by Gasteiger charge is -2.23. The molecule has 37 heavy (non-hydrogen) atoms. The van der Waals surface area contributed by atoms with Crippen LogP contribution in [-0.2, 0) is 18.9 Å².